The van der Waals surface area contributed by atoms with Crippen molar-refractivity contribution in [2.24, 2.45) is 0 Å². The average molecular weight is 535 g/mol. The predicted octanol–water partition coefficient (Wildman–Crippen LogP) is 6.91. The third-order valence-electron chi connectivity index (χ3n) is 7.47. The highest BCUT2D eigenvalue weighted by atomic mass is 16.5. The van der Waals surface area contributed by atoms with Crippen molar-refractivity contribution in [2.45, 2.75) is 147 Å². The molecule has 3 N–H and O–H groups in total. The Labute approximate surface area is 233 Å². The number of aliphatic hydroxyl groups is 1. The quantitative estimate of drug-likeness (QED) is 0.254. The molecule has 6 nitrogen and oxygen atoms in total. The molecule has 0 spiro atoms. The van der Waals surface area contributed by atoms with Gasteiger partial charge in [-0.25, -0.2) is 0 Å². The Hall–Kier alpha value is -1.66. The van der Waals surface area contributed by atoms with Crippen LogP contribution >= 0.6 is 0 Å². The number of aliphatic hydroxyl groups excluding tert-OH is 1. The number of allylic oxidation sites excluding steroid dienone is 4. The van der Waals surface area contributed by atoms with Gasteiger partial charge < -0.3 is 20.5 Å². The van der Waals surface area contributed by atoms with Crippen molar-refractivity contribution in [3.63, 3.8) is 0 Å². The molecule has 1 unspecified atom stereocenters. The number of ether oxygens (including phenoxy) is 1. The number of nitrogens with one attached hydrogen (secondary N) is 2. The van der Waals surface area contributed by atoms with Crippen molar-refractivity contribution in [1.82, 2.24) is 10.6 Å². The first-order valence-corrected chi connectivity index (χ1v) is 15.7. The topological polar surface area (TPSA) is 87.7 Å². The van der Waals surface area contributed by atoms with Crippen molar-refractivity contribution in [1.29, 1.82) is 0 Å². The lowest BCUT2D eigenvalue weighted by Gasteiger charge is -2.35. The molecule has 1 heterocycles. The van der Waals surface area contributed by atoms with Gasteiger partial charge in [-0.2, -0.15) is 0 Å². The second-order valence-electron chi connectivity index (χ2n) is 11.0. The molecule has 0 saturated carbocycles. The third kappa shape index (κ3) is 17.8. The van der Waals surface area contributed by atoms with Gasteiger partial charge in [0, 0.05) is 37.6 Å². The zero-order chi connectivity index (χ0) is 27.7. The van der Waals surface area contributed by atoms with E-state index in [1.54, 1.807) is 0 Å². The van der Waals surface area contributed by atoms with Gasteiger partial charge in [-0.3, -0.25) is 9.59 Å². The Bertz CT molecular complexity index is 656. The summed E-state index contributed by atoms with van der Waals surface area (Å²) in [6.07, 6.45) is 26.7. The van der Waals surface area contributed by atoms with Crippen LogP contribution in [0.3, 0.4) is 0 Å². The summed E-state index contributed by atoms with van der Waals surface area (Å²) in [4.78, 5) is 24.8. The number of rotatable bonds is 6. The van der Waals surface area contributed by atoms with Gasteiger partial charge in [-0.1, -0.05) is 63.8 Å². The van der Waals surface area contributed by atoms with E-state index < -0.39 is 0 Å². The average Bonchev–Trinajstić information content (AvgIpc) is 2.88. The van der Waals surface area contributed by atoms with Crippen LogP contribution in [-0.4, -0.2) is 48.3 Å². The van der Waals surface area contributed by atoms with E-state index in [-0.39, 0.29) is 24.0 Å². The fourth-order valence-electron chi connectivity index (χ4n) is 5.40. The van der Waals surface area contributed by atoms with E-state index in [1.807, 2.05) is 0 Å². The Morgan fingerprint density at radius 2 is 1.53 bits per heavy atom. The monoisotopic (exact) mass is 534 g/mol. The van der Waals surface area contributed by atoms with E-state index in [4.69, 9.17) is 4.74 Å². The lowest BCUT2D eigenvalue weighted by Crippen LogP contribution is -2.49. The van der Waals surface area contributed by atoms with E-state index in [0.29, 0.717) is 31.9 Å². The van der Waals surface area contributed by atoms with Gasteiger partial charge in [-0.05, 0) is 83.5 Å². The molecular weight excluding hydrogens is 476 g/mol. The molecule has 0 aromatic rings. The van der Waals surface area contributed by atoms with E-state index in [0.717, 1.165) is 96.4 Å². The standard InChI is InChI=1S/C32H58N2O4/c1-3-19-29-20-15-11-7-5-8-12-16-21-30(36)34-32(23-4-2,25-27-35)24-18-14-10-6-9-13-17-22-31(37)38-28-26-33-29/h5-6,8-9,29,33,35H,3-4,7,10-28H2,1-2H3,(H,34,36)/b8-5+,9-6+/t29?,32-/m0/s1. The lowest BCUT2D eigenvalue weighted by molar-refractivity contribution is -0.143. The maximum Gasteiger partial charge on any atom is 0.305 e. The van der Waals surface area contributed by atoms with Gasteiger partial charge in [-0.15, -0.1) is 0 Å². The van der Waals surface area contributed by atoms with Gasteiger partial charge in [0.15, 0.2) is 0 Å². The third-order valence-corrected chi connectivity index (χ3v) is 7.47. The zero-order valence-corrected chi connectivity index (χ0v) is 24.6. The summed E-state index contributed by atoms with van der Waals surface area (Å²) in [5.41, 5.74) is -0.297. The molecule has 0 aromatic carbocycles. The molecule has 38 heavy (non-hydrogen) atoms. The largest absolute Gasteiger partial charge is 0.464 e. The van der Waals surface area contributed by atoms with Crippen LogP contribution in [0.4, 0.5) is 0 Å². The molecule has 0 saturated heterocycles. The van der Waals surface area contributed by atoms with Crippen LogP contribution in [0.5, 0.6) is 0 Å². The predicted molar refractivity (Wildman–Crippen MR) is 158 cm³/mol. The molecule has 0 aliphatic carbocycles. The van der Waals surface area contributed by atoms with Crippen LogP contribution in [0.1, 0.15) is 136 Å². The smallest absolute Gasteiger partial charge is 0.305 e. The number of cyclic esters (lactones) is 1. The minimum absolute atomic E-state index is 0.0978. The molecule has 220 valence electrons. The maximum absolute atomic E-state index is 12.8. The Kier molecular flexibility index (Phi) is 21.0. The Morgan fingerprint density at radius 3 is 2.18 bits per heavy atom. The van der Waals surface area contributed by atoms with Gasteiger partial charge in [0.05, 0.1) is 0 Å². The van der Waals surface area contributed by atoms with Crippen molar-refractivity contribution in [2.75, 3.05) is 19.8 Å². The number of esters is 1. The van der Waals surface area contributed by atoms with Crippen LogP contribution in [0, 0.1) is 0 Å². The number of carbonyl (C=O) groups is 2. The maximum atomic E-state index is 12.8. The summed E-state index contributed by atoms with van der Waals surface area (Å²) >= 11 is 0. The molecular formula is C32H58N2O4. The first kappa shape index (κ1) is 34.4. The summed E-state index contributed by atoms with van der Waals surface area (Å²) < 4.78 is 5.42. The summed E-state index contributed by atoms with van der Waals surface area (Å²) in [5.74, 6) is 0.0140. The molecule has 6 heteroatoms. The summed E-state index contributed by atoms with van der Waals surface area (Å²) in [6.45, 7) is 5.63. The minimum atomic E-state index is -0.297. The summed E-state index contributed by atoms with van der Waals surface area (Å²) in [5, 5.41) is 16.6. The van der Waals surface area contributed by atoms with E-state index in [1.165, 1.54) is 12.8 Å². The van der Waals surface area contributed by atoms with Crippen LogP contribution in [0.2, 0.25) is 0 Å². The minimum Gasteiger partial charge on any atom is -0.464 e. The Morgan fingerprint density at radius 1 is 0.868 bits per heavy atom. The fourth-order valence-corrected chi connectivity index (χ4v) is 5.40. The van der Waals surface area contributed by atoms with Gasteiger partial charge in [0.25, 0.3) is 0 Å². The van der Waals surface area contributed by atoms with Crippen LogP contribution in [-0.2, 0) is 14.3 Å². The number of hydrogen-bond acceptors (Lipinski definition) is 5. The number of carbonyl (C=O) groups excluding carboxylic acids is 2. The van der Waals surface area contributed by atoms with E-state index >= 15 is 0 Å². The van der Waals surface area contributed by atoms with Crippen molar-refractivity contribution < 1.29 is 19.4 Å². The van der Waals surface area contributed by atoms with Crippen molar-refractivity contribution >= 4 is 11.9 Å². The fraction of sp³-hybridized carbons (Fsp3) is 0.812. The molecule has 0 aromatic heterocycles. The van der Waals surface area contributed by atoms with Crippen molar-refractivity contribution in [3.05, 3.63) is 24.3 Å². The molecule has 0 fully saturated rings. The molecule has 0 bridgehead atoms. The van der Waals surface area contributed by atoms with Gasteiger partial charge >= 0.3 is 5.97 Å². The first-order valence-electron chi connectivity index (χ1n) is 15.7. The molecule has 0 radical (unpaired) electrons. The molecule has 1 aliphatic heterocycles. The lowest BCUT2D eigenvalue weighted by atomic mass is 9.84. The van der Waals surface area contributed by atoms with Gasteiger partial charge in [0.1, 0.15) is 6.61 Å². The normalized spacial score (nSPS) is 27.0. The second-order valence-corrected chi connectivity index (χ2v) is 11.0. The summed E-state index contributed by atoms with van der Waals surface area (Å²) in [6, 6.07) is 0.486. The highest BCUT2D eigenvalue weighted by molar-refractivity contribution is 5.76. The number of hydrogen-bond donors (Lipinski definition) is 3. The van der Waals surface area contributed by atoms with Crippen LogP contribution in [0.15, 0.2) is 24.3 Å². The second kappa shape index (κ2) is 23.2. The summed E-state index contributed by atoms with van der Waals surface area (Å²) in [7, 11) is 0. The first-order chi connectivity index (χ1) is 18.5. The zero-order valence-electron chi connectivity index (χ0n) is 24.6. The van der Waals surface area contributed by atoms with Crippen molar-refractivity contribution in [3.8, 4) is 0 Å². The van der Waals surface area contributed by atoms with Crippen LogP contribution in [0.25, 0.3) is 0 Å². The molecule has 1 rings (SSSR count). The van der Waals surface area contributed by atoms with Gasteiger partial charge in [0.2, 0.25) is 5.91 Å². The molecule has 1 aliphatic rings. The van der Waals surface area contributed by atoms with Crippen LogP contribution < -0.4 is 10.6 Å². The van der Waals surface area contributed by atoms with E-state index in [2.05, 4.69) is 48.8 Å². The Balaban J connectivity index is 2.65. The van der Waals surface area contributed by atoms with E-state index in [9.17, 15) is 14.7 Å². The highest BCUT2D eigenvalue weighted by Gasteiger charge is 2.29. The SMILES string of the molecule is CCCC1CCCC/C=C/CCCC(=O)N[C@](CCC)(CCO)CCCC/C=C/CCCC(=O)OCCN1. The molecule has 1 amide bonds. The highest BCUT2D eigenvalue weighted by Crippen LogP contribution is 2.25. The number of amides is 1. The molecule has 2 atom stereocenters.